The zero-order valence-corrected chi connectivity index (χ0v) is 15.4. The van der Waals surface area contributed by atoms with Gasteiger partial charge in [0, 0.05) is 24.5 Å². The van der Waals surface area contributed by atoms with Crippen molar-refractivity contribution in [3.63, 3.8) is 0 Å². The van der Waals surface area contributed by atoms with Crippen LogP contribution in [0.15, 0.2) is 48.5 Å². The minimum absolute atomic E-state index is 0.0991. The summed E-state index contributed by atoms with van der Waals surface area (Å²) >= 11 is 0. The average Bonchev–Trinajstić information content (AvgIpc) is 2.70. The molecular formula is C21H24N2O4. The summed E-state index contributed by atoms with van der Waals surface area (Å²) in [5.74, 6) is -0.464. The van der Waals surface area contributed by atoms with E-state index in [9.17, 15) is 9.59 Å². The lowest BCUT2D eigenvalue weighted by Crippen LogP contribution is -2.36. The minimum Gasteiger partial charge on any atom is -0.462 e. The highest BCUT2D eigenvalue weighted by atomic mass is 16.5. The van der Waals surface area contributed by atoms with E-state index in [1.807, 2.05) is 24.3 Å². The van der Waals surface area contributed by atoms with Crippen LogP contribution in [-0.2, 0) is 20.7 Å². The van der Waals surface area contributed by atoms with E-state index >= 15 is 0 Å². The van der Waals surface area contributed by atoms with Crippen LogP contribution in [0.4, 0.5) is 11.4 Å². The fraction of sp³-hybridized carbons (Fsp3) is 0.333. The molecule has 0 unspecified atom stereocenters. The summed E-state index contributed by atoms with van der Waals surface area (Å²) in [7, 11) is 0. The molecule has 2 aromatic rings. The molecule has 0 saturated carbocycles. The Morgan fingerprint density at radius 1 is 1.04 bits per heavy atom. The van der Waals surface area contributed by atoms with E-state index in [1.165, 1.54) is 0 Å². The molecule has 6 nitrogen and oxygen atoms in total. The molecule has 1 aliphatic heterocycles. The van der Waals surface area contributed by atoms with Crippen LogP contribution in [0.25, 0.3) is 0 Å². The number of rotatable bonds is 6. The van der Waals surface area contributed by atoms with Crippen LogP contribution in [0.1, 0.15) is 22.8 Å². The number of nitrogens with one attached hydrogen (secondary N) is 1. The van der Waals surface area contributed by atoms with Gasteiger partial charge in [-0.3, -0.25) is 4.79 Å². The Labute approximate surface area is 159 Å². The molecule has 6 heteroatoms. The van der Waals surface area contributed by atoms with Gasteiger partial charge in [-0.05, 0) is 48.9 Å². The number of ether oxygens (including phenoxy) is 2. The number of nitrogens with zero attached hydrogens (tertiary/aromatic N) is 1. The molecule has 0 bridgehead atoms. The molecule has 1 fully saturated rings. The van der Waals surface area contributed by atoms with Gasteiger partial charge >= 0.3 is 5.97 Å². The Hall–Kier alpha value is -2.86. The molecule has 0 atom stereocenters. The Balaban J connectivity index is 1.53. The van der Waals surface area contributed by atoms with Crippen LogP contribution in [0.2, 0.25) is 0 Å². The summed E-state index contributed by atoms with van der Waals surface area (Å²) in [5.41, 5.74) is 3.22. The number of carbonyl (C=O) groups excluding carboxylic acids is 2. The molecule has 1 aliphatic rings. The molecule has 3 rings (SSSR count). The fourth-order valence-electron chi connectivity index (χ4n) is 2.94. The number of esters is 1. The van der Waals surface area contributed by atoms with Crippen LogP contribution >= 0.6 is 0 Å². The van der Waals surface area contributed by atoms with Crippen molar-refractivity contribution in [1.29, 1.82) is 0 Å². The first kappa shape index (κ1) is 18.9. The predicted octanol–water partition coefficient (Wildman–Crippen LogP) is 2.88. The highest BCUT2D eigenvalue weighted by Crippen LogP contribution is 2.17. The van der Waals surface area contributed by atoms with Crippen molar-refractivity contribution in [2.45, 2.75) is 13.3 Å². The summed E-state index contributed by atoms with van der Waals surface area (Å²) < 4.78 is 10.3. The van der Waals surface area contributed by atoms with Gasteiger partial charge in [0.05, 0.1) is 31.8 Å². The number of carbonyl (C=O) groups is 2. The summed E-state index contributed by atoms with van der Waals surface area (Å²) in [4.78, 5) is 26.2. The molecule has 0 radical (unpaired) electrons. The number of hydrogen-bond acceptors (Lipinski definition) is 5. The van der Waals surface area contributed by atoms with Gasteiger partial charge in [0.25, 0.3) is 0 Å². The molecule has 2 aromatic carbocycles. The van der Waals surface area contributed by atoms with Crippen LogP contribution in [0, 0.1) is 0 Å². The van der Waals surface area contributed by atoms with Crippen molar-refractivity contribution in [3.05, 3.63) is 59.7 Å². The third kappa shape index (κ3) is 5.31. The zero-order valence-electron chi connectivity index (χ0n) is 15.4. The van der Waals surface area contributed by atoms with E-state index in [1.54, 1.807) is 31.2 Å². The van der Waals surface area contributed by atoms with Crippen LogP contribution < -0.4 is 10.2 Å². The number of benzene rings is 2. The second-order valence-electron chi connectivity index (χ2n) is 6.29. The topological polar surface area (TPSA) is 67.9 Å². The normalized spacial score (nSPS) is 13.9. The van der Waals surface area contributed by atoms with Crippen LogP contribution in [0.3, 0.4) is 0 Å². The molecule has 27 heavy (non-hydrogen) atoms. The van der Waals surface area contributed by atoms with Gasteiger partial charge in [-0.15, -0.1) is 0 Å². The van der Waals surface area contributed by atoms with Gasteiger partial charge in [0.2, 0.25) is 5.91 Å². The summed E-state index contributed by atoms with van der Waals surface area (Å²) in [6.07, 6.45) is 0.295. The Morgan fingerprint density at radius 2 is 1.70 bits per heavy atom. The molecule has 1 saturated heterocycles. The molecular weight excluding hydrogens is 344 g/mol. The quantitative estimate of drug-likeness (QED) is 0.794. The van der Waals surface area contributed by atoms with Crippen molar-refractivity contribution >= 4 is 23.3 Å². The number of anilines is 2. The SMILES string of the molecule is CCOC(=O)c1ccc(NC(=O)Cc2ccc(N3CCOCC3)cc2)cc1. The van der Waals surface area contributed by atoms with Gasteiger partial charge in [-0.25, -0.2) is 4.79 Å². The molecule has 1 amide bonds. The Kier molecular flexibility index (Phi) is 6.44. The number of amides is 1. The van der Waals surface area contributed by atoms with E-state index in [4.69, 9.17) is 9.47 Å². The van der Waals surface area contributed by atoms with E-state index in [-0.39, 0.29) is 11.9 Å². The maximum Gasteiger partial charge on any atom is 0.338 e. The lowest BCUT2D eigenvalue weighted by Gasteiger charge is -2.28. The monoisotopic (exact) mass is 368 g/mol. The van der Waals surface area contributed by atoms with Gasteiger partial charge < -0.3 is 19.7 Å². The molecule has 142 valence electrons. The molecule has 0 spiro atoms. The van der Waals surface area contributed by atoms with E-state index in [0.717, 1.165) is 37.6 Å². The first-order valence-corrected chi connectivity index (χ1v) is 9.14. The minimum atomic E-state index is -0.365. The third-order valence-corrected chi connectivity index (χ3v) is 4.36. The molecule has 0 aromatic heterocycles. The largest absolute Gasteiger partial charge is 0.462 e. The van der Waals surface area contributed by atoms with Gasteiger partial charge in [-0.1, -0.05) is 12.1 Å². The first-order valence-electron chi connectivity index (χ1n) is 9.14. The average molecular weight is 368 g/mol. The summed E-state index contributed by atoms with van der Waals surface area (Å²) in [5, 5.41) is 2.85. The van der Waals surface area contributed by atoms with Gasteiger partial charge in [0.1, 0.15) is 0 Å². The Morgan fingerprint density at radius 3 is 2.33 bits per heavy atom. The molecule has 0 aliphatic carbocycles. The van der Waals surface area contributed by atoms with Crippen LogP contribution in [0.5, 0.6) is 0 Å². The summed E-state index contributed by atoms with van der Waals surface area (Å²) in [6, 6.07) is 14.7. The highest BCUT2D eigenvalue weighted by Gasteiger charge is 2.12. The van der Waals surface area contributed by atoms with Gasteiger partial charge in [0.15, 0.2) is 0 Å². The van der Waals surface area contributed by atoms with Crippen molar-refractivity contribution < 1.29 is 19.1 Å². The third-order valence-electron chi connectivity index (χ3n) is 4.36. The molecule has 1 N–H and O–H groups in total. The van der Waals surface area contributed by atoms with Crippen molar-refractivity contribution in [3.8, 4) is 0 Å². The highest BCUT2D eigenvalue weighted by molar-refractivity contribution is 5.94. The second-order valence-corrected chi connectivity index (χ2v) is 6.29. The maximum atomic E-state index is 12.3. The van der Waals surface area contributed by atoms with Crippen LogP contribution in [-0.4, -0.2) is 44.8 Å². The second kappa shape index (κ2) is 9.19. The van der Waals surface area contributed by atoms with Crippen molar-refractivity contribution in [2.24, 2.45) is 0 Å². The van der Waals surface area contributed by atoms with E-state index in [2.05, 4.69) is 10.2 Å². The maximum absolute atomic E-state index is 12.3. The number of hydrogen-bond donors (Lipinski definition) is 1. The van der Waals surface area contributed by atoms with Crippen molar-refractivity contribution in [2.75, 3.05) is 43.1 Å². The molecule has 1 heterocycles. The number of morpholine rings is 1. The van der Waals surface area contributed by atoms with Crippen molar-refractivity contribution in [1.82, 2.24) is 0 Å². The van der Waals surface area contributed by atoms with E-state index in [0.29, 0.717) is 24.3 Å². The lowest BCUT2D eigenvalue weighted by atomic mass is 10.1. The smallest absolute Gasteiger partial charge is 0.338 e. The predicted molar refractivity (Wildman–Crippen MR) is 104 cm³/mol. The van der Waals surface area contributed by atoms with E-state index < -0.39 is 0 Å². The first-order chi connectivity index (χ1) is 13.2. The summed E-state index contributed by atoms with van der Waals surface area (Å²) in [6.45, 7) is 5.38. The lowest BCUT2D eigenvalue weighted by molar-refractivity contribution is -0.115. The zero-order chi connectivity index (χ0) is 19.1. The fourth-order valence-corrected chi connectivity index (χ4v) is 2.94. The van der Waals surface area contributed by atoms with Gasteiger partial charge in [-0.2, -0.15) is 0 Å². The standard InChI is InChI=1S/C21H24N2O4/c1-2-27-21(25)17-5-7-18(8-6-17)22-20(24)15-16-3-9-19(10-4-16)23-11-13-26-14-12-23/h3-10H,2,11-15H2,1H3,(H,22,24). The Bertz CT molecular complexity index is 766.